The molecular formula is C19H20N2O5S. The van der Waals surface area contributed by atoms with Gasteiger partial charge in [-0.2, -0.15) is 0 Å². The Morgan fingerprint density at radius 2 is 1.85 bits per heavy atom. The molecule has 2 aromatic carbocycles. The fourth-order valence-corrected chi connectivity index (χ4v) is 4.24. The lowest BCUT2D eigenvalue weighted by Gasteiger charge is -2.24. The molecule has 1 atom stereocenters. The number of methoxy groups -OCH3 is 2. The first-order chi connectivity index (χ1) is 13.0. The zero-order chi connectivity index (χ0) is 19.4. The smallest absolute Gasteiger partial charge is 0.269 e. The first-order valence-electron chi connectivity index (χ1n) is 8.40. The number of hydrogen-bond donors (Lipinski definition) is 0. The van der Waals surface area contributed by atoms with Gasteiger partial charge >= 0.3 is 0 Å². The molecule has 142 valence electrons. The van der Waals surface area contributed by atoms with Crippen LogP contribution in [0.2, 0.25) is 0 Å². The van der Waals surface area contributed by atoms with Crippen molar-refractivity contribution < 1.29 is 19.2 Å². The summed E-state index contributed by atoms with van der Waals surface area (Å²) in [7, 11) is 3.18. The van der Waals surface area contributed by atoms with Crippen LogP contribution in [-0.2, 0) is 11.2 Å². The van der Waals surface area contributed by atoms with Crippen molar-refractivity contribution in [3.05, 3.63) is 63.7 Å². The van der Waals surface area contributed by atoms with E-state index in [9.17, 15) is 14.9 Å². The van der Waals surface area contributed by atoms with E-state index in [2.05, 4.69) is 0 Å². The van der Waals surface area contributed by atoms with E-state index >= 15 is 0 Å². The van der Waals surface area contributed by atoms with E-state index in [-0.39, 0.29) is 17.0 Å². The highest BCUT2D eigenvalue weighted by Gasteiger charge is 2.32. The molecule has 0 N–H and O–H groups in total. The highest BCUT2D eigenvalue weighted by molar-refractivity contribution is 8.00. The number of rotatable bonds is 7. The standard InChI is InChI=1S/C19H20N2O5S/c1-25-16-8-3-13(11-17(16)26-2)9-10-20-18(22)12-27-19(20)14-4-6-15(7-5-14)21(23)24/h3-8,11,19H,9-10,12H2,1-2H3/t19-/m1/s1. The molecule has 1 amide bonds. The third-order valence-electron chi connectivity index (χ3n) is 4.45. The third kappa shape index (κ3) is 4.16. The third-order valence-corrected chi connectivity index (χ3v) is 5.70. The van der Waals surface area contributed by atoms with E-state index < -0.39 is 4.92 Å². The first kappa shape index (κ1) is 19.0. The van der Waals surface area contributed by atoms with Gasteiger partial charge in [-0.05, 0) is 41.8 Å². The molecule has 3 rings (SSSR count). The first-order valence-corrected chi connectivity index (χ1v) is 9.44. The fourth-order valence-electron chi connectivity index (χ4n) is 3.02. The maximum absolute atomic E-state index is 12.3. The summed E-state index contributed by atoms with van der Waals surface area (Å²) in [4.78, 5) is 24.6. The molecule has 7 nitrogen and oxygen atoms in total. The second-order valence-corrected chi connectivity index (χ2v) is 7.11. The van der Waals surface area contributed by atoms with Gasteiger partial charge in [0.15, 0.2) is 11.5 Å². The van der Waals surface area contributed by atoms with Crippen molar-refractivity contribution in [2.24, 2.45) is 0 Å². The normalized spacial score (nSPS) is 16.4. The largest absolute Gasteiger partial charge is 0.493 e. The van der Waals surface area contributed by atoms with Crippen LogP contribution in [0.3, 0.4) is 0 Å². The topological polar surface area (TPSA) is 81.9 Å². The van der Waals surface area contributed by atoms with Gasteiger partial charge in [-0.3, -0.25) is 14.9 Å². The van der Waals surface area contributed by atoms with E-state index in [1.54, 1.807) is 26.4 Å². The maximum Gasteiger partial charge on any atom is 0.269 e. The number of nitro groups is 1. The number of nitrogens with zero attached hydrogens (tertiary/aromatic N) is 2. The van der Waals surface area contributed by atoms with Crippen LogP contribution in [0.5, 0.6) is 11.5 Å². The number of benzene rings is 2. The van der Waals surface area contributed by atoms with Crippen molar-refractivity contribution in [2.75, 3.05) is 26.5 Å². The molecule has 0 radical (unpaired) electrons. The molecule has 0 aliphatic carbocycles. The summed E-state index contributed by atoms with van der Waals surface area (Å²) in [5, 5.41) is 10.7. The Hall–Kier alpha value is -2.74. The maximum atomic E-state index is 12.3. The molecule has 1 saturated heterocycles. The summed E-state index contributed by atoms with van der Waals surface area (Å²) in [6.45, 7) is 0.559. The highest BCUT2D eigenvalue weighted by atomic mass is 32.2. The fraction of sp³-hybridized carbons (Fsp3) is 0.316. The van der Waals surface area contributed by atoms with Crippen molar-refractivity contribution >= 4 is 23.4 Å². The van der Waals surface area contributed by atoms with Crippen LogP contribution in [0.25, 0.3) is 0 Å². The summed E-state index contributed by atoms with van der Waals surface area (Å²) in [6.07, 6.45) is 0.677. The SMILES string of the molecule is COc1ccc(CCN2C(=O)CS[C@@H]2c2ccc([N+](=O)[O-])cc2)cc1OC. The second-order valence-electron chi connectivity index (χ2n) is 6.04. The van der Waals surface area contributed by atoms with Crippen molar-refractivity contribution in [3.63, 3.8) is 0 Å². The molecule has 27 heavy (non-hydrogen) atoms. The van der Waals surface area contributed by atoms with Crippen LogP contribution in [0, 0.1) is 10.1 Å². The van der Waals surface area contributed by atoms with Gasteiger partial charge in [0.05, 0.1) is 24.9 Å². The average molecular weight is 388 g/mol. The van der Waals surface area contributed by atoms with Crippen LogP contribution in [0.4, 0.5) is 5.69 Å². The van der Waals surface area contributed by atoms with Crippen molar-refractivity contribution in [3.8, 4) is 11.5 Å². The molecule has 8 heteroatoms. The summed E-state index contributed by atoms with van der Waals surface area (Å²) in [5.74, 6) is 1.80. The van der Waals surface area contributed by atoms with Gasteiger partial charge < -0.3 is 14.4 Å². The Labute approximate surface area is 161 Å². The summed E-state index contributed by atoms with van der Waals surface area (Å²) >= 11 is 1.54. The van der Waals surface area contributed by atoms with Crippen LogP contribution in [0.15, 0.2) is 42.5 Å². The Kier molecular flexibility index (Phi) is 5.85. The zero-order valence-electron chi connectivity index (χ0n) is 15.1. The summed E-state index contributed by atoms with van der Waals surface area (Å²) in [5.41, 5.74) is 1.98. The predicted octanol–water partition coefficient (Wildman–Crippen LogP) is 3.43. The monoisotopic (exact) mass is 388 g/mol. The number of nitro benzene ring substituents is 1. The van der Waals surface area contributed by atoms with Gasteiger partial charge in [-0.1, -0.05) is 6.07 Å². The summed E-state index contributed by atoms with van der Waals surface area (Å²) in [6, 6.07) is 12.1. The van der Waals surface area contributed by atoms with Crippen LogP contribution >= 0.6 is 11.8 Å². The predicted molar refractivity (Wildman–Crippen MR) is 103 cm³/mol. The number of non-ortho nitro benzene ring substituents is 1. The lowest BCUT2D eigenvalue weighted by molar-refractivity contribution is -0.384. The Morgan fingerprint density at radius 3 is 2.48 bits per heavy atom. The van der Waals surface area contributed by atoms with E-state index in [1.165, 1.54) is 23.9 Å². The molecular weight excluding hydrogens is 368 g/mol. The van der Waals surface area contributed by atoms with Crippen molar-refractivity contribution in [2.45, 2.75) is 11.8 Å². The van der Waals surface area contributed by atoms with Crippen LogP contribution < -0.4 is 9.47 Å². The molecule has 0 unspecified atom stereocenters. The molecule has 1 aliphatic heterocycles. The highest BCUT2D eigenvalue weighted by Crippen LogP contribution is 2.39. The molecule has 2 aromatic rings. The number of thioether (sulfide) groups is 1. The molecule has 1 aliphatic rings. The minimum Gasteiger partial charge on any atom is -0.493 e. The van der Waals surface area contributed by atoms with Gasteiger partial charge in [0.1, 0.15) is 5.37 Å². The van der Waals surface area contributed by atoms with Crippen LogP contribution in [0.1, 0.15) is 16.5 Å². The van der Waals surface area contributed by atoms with Gasteiger partial charge in [-0.15, -0.1) is 11.8 Å². The number of carbonyl (C=O) groups excluding carboxylic acids is 1. The second kappa shape index (κ2) is 8.30. The molecule has 0 saturated carbocycles. The lowest BCUT2D eigenvalue weighted by atomic mass is 10.1. The molecule has 0 spiro atoms. The number of carbonyl (C=O) groups is 1. The van der Waals surface area contributed by atoms with Gasteiger partial charge in [0.25, 0.3) is 5.69 Å². The Balaban J connectivity index is 1.72. The van der Waals surface area contributed by atoms with E-state index in [0.29, 0.717) is 30.2 Å². The van der Waals surface area contributed by atoms with E-state index in [1.807, 2.05) is 23.1 Å². The molecule has 1 heterocycles. The average Bonchev–Trinajstić information content (AvgIpc) is 3.06. The number of amides is 1. The number of hydrogen-bond acceptors (Lipinski definition) is 6. The minimum atomic E-state index is -0.425. The quantitative estimate of drug-likeness (QED) is 0.534. The van der Waals surface area contributed by atoms with Gasteiger partial charge in [0, 0.05) is 18.7 Å². The number of ether oxygens (including phenoxy) is 2. The van der Waals surface area contributed by atoms with Crippen LogP contribution in [-0.4, -0.2) is 42.2 Å². The van der Waals surface area contributed by atoms with Gasteiger partial charge in [0.2, 0.25) is 5.91 Å². The summed E-state index contributed by atoms with van der Waals surface area (Å²) < 4.78 is 10.6. The molecule has 1 fully saturated rings. The molecule has 0 bridgehead atoms. The molecule has 0 aromatic heterocycles. The minimum absolute atomic E-state index is 0.0463. The van der Waals surface area contributed by atoms with Crippen molar-refractivity contribution in [1.29, 1.82) is 0 Å². The van der Waals surface area contributed by atoms with Gasteiger partial charge in [-0.25, -0.2) is 0 Å². The Bertz CT molecular complexity index is 840. The zero-order valence-corrected chi connectivity index (χ0v) is 15.9. The lowest BCUT2D eigenvalue weighted by Crippen LogP contribution is -2.30. The Morgan fingerprint density at radius 1 is 1.15 bits per heavy atom. The van der Waals surface area contributed by atoms with Crippen molar-refractivity contribution in [1.82, 2.24) is 4.90 Å². The van der Waals surface area contributed by atoms with E-state index in [4.69, 9.17) is 9.47 Å². The van der Waals surface area contributed by atoms with E-state index in [0.717, 1.165) is 11.1 Å².